The van der Waals surface area contributed by atoms with Crippen molar-refractivity contribution in [2.45, 2.75) is 52.9 Å². The Kier molecular flexibility index (Phi) is 9.26. The number of carbonyl (C=O) groups excluding carboxylic acids is 2. The topological polar surface area (TPSA) is 88.5 Å². The van der Waals surface area contributed by atoms with Crippen LogP contribution in [0.15, 0.2) is 30.3 Å². The van der Waals surface area contributed by atoms with Gasteiger partial charge in [0.15, 0.2) is 0 Å². The lowest BCUT2D eigenvalue weighted by atomic mass is 9.92. The highest BCUT2D eigenvalue weighted by atomic mass is 16.5. The van der Waals surface area contributed by atoms with Crippen molar-refractivity contribution in [1.29, 1.82) is 0 Å². The number of methoxy groups -OCH3 is 1. The van der Waals surface area contributed by atoms with Crippen LogP contribution in [0.25, 0.3) is 5.69 Å². The predicted molar refractivity (Wildman–Crippen MR) is 127 cm³/mol. The molecule has 3 amide bonds. The van der Waals surface area contributed by atoms with Crippen LogP contribution >= 0.6 is 0 Å². The van der Waals surface area contributed by atoms with Gasteiger partial charge in [-0.2, -0.15) is 5.10 Å². The first-order chi connectivity index (χ1) is 15.2. The van der Waals surface area contributed by atoms with Crippen LogP contribution in [-0.4, -0.2) is 60.0 Å². The first-order valence-electron chi connectivity index (χ1n) is 11.1. The van der Waals surface area contributed by atoms with E-state index in [1.807, 2.05) is 37.3 Å². The number of aromatic nitrogens is 2. The van der Waals surface area contributed by atoms with E-state index in [2.05, 4.69) is 38.3 Å². The largest absolute Gasteiger partial charge is 0.383 e. The second-order valence-electron chi connectivity index (χ2n) is 8.96. The molecule has 2 rings (SSSR count). The molecule has 0 aliphatic carbocycles. The summed E-state index contributed by atoms with van der Waals surface area (Å²) in [7, 11) is 1.57. The van der Waals surface area contributed by atoms with E-state index in [0.29, 0.717) is 25.5 Å². The van der Waals surface area contributed by atoms with Gasteiger partial charge in [0.25, 0.3) is 0 Å². The number of hydrogen-bond donors (Lipinski definition) is 2. The van der Waals surface area contributed by atoms with Crippen LogP contribution in [0.1, 0.15) is 51.8 Å². The van der Waals surface area contributed by atoms with Crippen molar-refractivity contribution >= 4 is 17.8 Å². The summed E-state index contributed by atoms with van der Waals surface area (Å²) in [6, 6.07) is 9.57. The number of urea groups is 1. The minimum absolute atomic E-state index is 0.0781. The molecule has 0 bridgehead atoms. The Bertz CT molecular complexity index is 884. The van der Waals surface area contributed by atoms with Crippen LogP contribution in [-0.2, 0) is 14.9 Å². The molecule has 0 fully saturated rings. The average Bonchev–Trinajstić information content (AvgIpc) is 3.16. The van der Waals surface area contributed by atoms with E-state index >= 15 is 0 Å². The number of benzene rings is 1. The van der Waals surface area contributed by atoms with E-state index in [1.54, 1.807) is 11.8 Å². The molecule has 176 valence electrons. The number of hydrogen-bond acceptors (Lipinski definition) is 4. The van der Waals surface area contributed by atoms with E-state index in [1.165, 1.54) is 4.90 Å². The van der Waals surface area contributed by atoms with Gasteiger partial charge in [0, 0.05) is 31.7 Å². The molecule has 1 heterocycles. The van der Waals surface area contributed by atoms with Gasteiger partial charge >= 0.3 is 6.03 Å². The second-order valence-corrected chi connectivity index (χ2v) is 8.96. The van der Waals surface area contributed by atoms with Crippen LogP contribution in [0.5, 0.6) is 0 Å². The van der Waals surface area contributed by atoms with Gasteiger partial charge < -0.3 is 20.3 Å². The zero-order valence-corrected chi connectivity index (χ0v) is 20.2. The van der Waals surface area contributed by atoms with Gasteiger partial charge in [-0.25, -0.2) is 9.48 Å². The summed E-state index contributed by atoms with van der Waals surface area (Å²) >= 11 is 0. The highest BCUT2D eigenvalue weighted by Crippen LogP contribution is 2.26. The van der Waals surface area contributed by atoms with Crippen LogP contribution in [0.4, 0.5) is 10.6 Å². The maximum absolute atomic E-state index is 12.9. The van der Waals surface area contributed by atoms with Crippen LogP contribution in [0.3, 0.4) is 0 Å². The van der Waals surface area contributed by atoms with Gasteiger partial charge in [0.1, 0.15) is 12.4 Å². The fourth-order valence-electron chi connectivity index (χ4n) is 3.01. The van der Waals surface area contributed by atoms with Crippen molar-refractivity contribution in [1.82, 2.24) is 20.0 Å². The van der Waals surface area contributed by atoms with E-state index in [0.717, 1.165) is 29.8 Å². The molecule has 0 atom stereocenters. The Hall–Kier alpha value is -2.87. The van der Waals surface area contributed by atoms with E-state index < -0.39 is 0 Å². The van der Waals surface area contributed by atoms with Crippen molar-refractivity contribution in [3.05, 3.63) is 41.6 Å². The van der Waals surface area contributed by atoms with E-state index in [4.69, 9.17) is 9.84 Å². The lowest BCUT2D eigenvalue weighted by Gasteiger charge is -2.22. The fraction of sp³-hybridized carbons (Fsp3) is 0.542. The number of carbonyl (C=O) groups is 2. The molecule has 0 saturated carbocycles. The molecule has 1 aromatic carbocycles. The highest BCUT2D eigenvalue weighted by Gasteiger charge is 2.23. The Morgan fingerprint density at radius 2 is 1.88 bits per heavy atom. The zero-order chi connectivity index (χ0) is 23.7. The minimum atomic E-state index is -0.291. The van der Waals surface area contributed by atoms with Gasteiger partial charge in [0.05, 0.1) is 18.0 Å². The van der Waals surface area contributed by atoms with Gasteiger partial charge in [0.2, 0.25) is 5.91 Å². The first-order valence-corrected chi connectivity index (χ1v) is 11.1. The fourth-order valence-corrected chi connectivity index (χ4v) is 3.01. The monoisotopic (exact) mass is 443 g/mol. The minimum Gasteiger partial charge on any atom is -0.383 e. The molecule has 0 saturated heterocycles. The molecule has 2 aromatic rings. The van der Waals surface area contributed by atoms with Crippen molar-refractivity contribution in [3.8, 4) is 5.69 Å². The molecule has 2 N–H and O–H groups in total. The summed E-state index contributed by atoms with van der Waals surface area (Å²) in [5.41, 5.74) is 2.68. The van der Waals surface area contributed by atoms with Crippen LogP contribution in [0.2, 0.25) is 0 Å². The molecule has 8 heteroatoms. The summed E-state index contributed by atoms with van der Waals surface area (Å²) in [5.74, 6) is 0.280. The van der Waals surface area contributed by atoms with Crippen LogP contribution in [0, 0.1) is 6.92 Å². The predicted octanol–water partition coefficient (Wildman–Crippen LogP) is 3.87. The summed E-state index contributed by atoms with van der Waals surface area (Å²) in [4.78, 5) is 26.9. The molecular formula is C24H37N5O3. The third-order valence-electron chi connectivity index (χ3n) is 5.02. The van der Waals surface area contributed by atoms with Gasteiger partial charge in [-0.05, 0) is 25.5 Å². The highest BCUT2D eigenvalue weighted by molar-refractivity contribution is 5.94. The molecule has 0 radical (unpaired) electrons. The second kappa shape index (κ2) is 11.7. The molecule has 0 unspecified atom stereocenters. The lowest BCUT2D eigenvalue weighted by molar-refractivity contribution is -0.116. The number of aryl methyl sites for hydroxylation is 1. The van der Waals surface area contributed by atoms with Crippen molar-refractivity contribution in [2.24, 2.45) is 0 Å². The Labute approximate surface area is 191 Å². The molecule has 32 heavy (non-hydrogen) atoms. The van der Waals surface area contributed by atoms with Gasteiger partial charge in [-0.1, -0.05) is 51.8 Å². The van der Waals surface area contributed by atoms with Crippen molar-refractivity contribution in [3.63, 3.8) is 0 Å². The zero-order valence-electron chi connectivity index (χ0n) is 20.2. The van der Waals surface area contributed by atoms with Crippen molar-refractivity contribution < 1.29 is 14.3 Å². The van der Waals surface area contributed by atoms with E-state index in [9.17, 15) is 9.59 Å². The average molecular weight is 444 g/mol. The molecular weight excluding hydrogens is 406 g/mol. The molecule has 0 aliphatic rings. The maximum Gasteiger partial charge on any atom is 0.317 e. The molecule has 0 spiro atoms. The SMILES string of the molecule is CCCCNC(=O)N(CCOC)CC(=O)Nc1cc(C(C)(C)C)nn1-c1ccc(C)cc1. The normalized spacial score (nSPS) is 11.3. The summed E-state index contributed by atoms with van der Waals surface area (Å²) in [5, 5.41) is 10.5. The third-order valence-corrected chi connectivity index (χ3v) is 5.02. The Balaban J connectivity index is 2.21. The summed E-state index contributed by atoms with van der Waals surface area (Å²) < 4.78 is 6.84. The quantitative estimate of drug-likeness (QED) is 0.546. The third kappa shape index (κ3) is 7.37. The smallest absolute Gasteiger partial charge is 0.317 e. The van der Waals surface area contributed by atoms with Gasteiger partial charge in [-0.15, -0.1) is 0 Å². The van der Waals surface area contributed by atoms with Gasteiger partial charge in [-0.3, -0.25) is 4.79 Å². The maximum atomic E-state index is 12.9. The standard InChI is InChI=1S/C24H37N5O3/c1-7-8-13-25-23(31)28(14-15-32-6)17-22(30)26-21-16-20(24(3,4)5)27-29(21)19-11-9-18(2)10-12-19/h9-12,16H,7-8,13-15,17H2,1-6H3,(H,25,31)(H,26,30). The summed E-state index contributed by atoms with van der Waals surface area (Å²) in [6.07, 6.45) is 1.87. The molecule has 0 aliphatic heterocycles. The lowest BCUT2D eigenvalue weighted by Crippen LogP contribution is -2.45. The Morgan fingerprint density at radius 1 is 1.19 bits per heavy atom. The number of rotatable bonds is 10. The van der Waals surface area contributed by atoms with Crippen LogP contribution < -0.4 is 10.6 Å². The van der Waals surface area contributed by atoms with Crippen molar-refractivity contribution in [2.75, 3.05) is 38.7 Å². The number of nitrogens with one attached hydrogen (secondary N) is 2. The molecule has 1 aromatic heterocycles. The Morgan fingerprint density at radius 3 is 2.47 bits per heavy atom. The number of anilines is 1. The van der Waals surface area contributed by atoms with E-state index in [-0.39, 0.29) is 23.9 Å². The summed E-state index contributed by atoms with van der Waals surface area (Å²) in [6.45, 7) is 11.5. The number of nitrogens with zero attached hydrogens (tertiary/aromatic N) is 3. The first kappa shape index (κ1) is 25.4. The number of unbranched alkanes of at least 4 members (excludes halogenated alkanes) is 1. The number of amides is 3. The molecule has 8 nitrogen and oxygen atoms in total. The number of ether oxygens (including phenoxy) is 1.